The number of carbonyl (C=O) groups is 1. The van der Waals surface area contributed by atoms with E-state index >= 15 is 0 Å². The van der Waals surface area contributed by atoms with Gasteiger partial charge in [0.25, 0.3) is 0 Å². The van der Waals surface area contributed by atoms with E-state index < -0.39 is 0 Å². The van der Waals surface area contributed by atoms with Crippen molar-refractivity contribution in [3.8, 4) is 11.3 Å². The van der Waals surface area contributed by atoms with Crippen LogP contribution in [-0.4, -0.2) is 20.4 Å². The van der Waals surface area contributed by atoms with Crippen LogP contribution in [0.1, 0.15) is 26.8 Å². The van der Waals surface area contributed by atoms with E-state index in [0.717, 1.165) is 44.8 Å². The summed E-state index contributed by atoms with van der Waals surface area (Å²) in [6.07, 6.45) is 4.08. The number of nitrogens with zero attached hydrogens (tertiary/aromatic N) is 3. The van der Waals surface area contributed by atoms with Crippen LogP contribution in [0.15, 0.2) is 60.9 Å². The molecule has 0 radical (unpaired) electrons. The van der Waals surface area contributed by atoms with Crippen LogP contribution in [0, 0.1) is 20.8 Å². The van der Waals surface area contributed by atoms with Crippen LogP contribution in [0.4, 0.5) is 5.69 Å². The molecule has 1 amide bonds. The monoisotopic (exact) mass is 416 g/mol. The number of amides is 1. The van der Waals surface area contributed by atoms with Crippen molar-refractivity contribution in [3.05, 3.63) is 87.8 Å². The van der Waals surface area contributed by atoms with Crippen molar-refractivity contribution in [1.29, 1.82) is 0 Å². The van der Waals surface area contributed by atoms with Crippen LogP contribution >= 0.6 is 11.3 Å². The lowest BCUT2D eigenvalue weighted by atomic mass is 10.1. The van der Waals surface area contributed by atoms with Crippen molar-refractivity contribution in [3.63, 3.8) is 0 Å². The third-order valence-electron chi connectivity index (χ3n) is 4.96. The highest BCUT2D eigenvalue weighted by Crippen LogP contribution is 2.29. The number of carbonyl (C=O) groups excluding carboxylic acids is 1. The van der Waals surface area contributed by atoms with Gasteiger partial charge in [-0.2, -0.15) is 0 Å². The predicted molar refractivity (Wildman–Crippen MR) is 122 cm³/mol. The maximum Gasteiger partial charge on any atom is 0.229 e. The summed E-state index contributed by atoms with van der Waals surface area (Å²) in [5, 5.41) is 3.97. The van der Waals surface area contributed by atoms with E-state index in [1.807, 2.05) is 44.3 Å². The Labute approximate surface area is 180 Å². The summed E-state index contributed by atoms with van der Waals surface area (Å²) in [6.45, 7) is 6.79. The molecule has 1 N–H and O–H groups in total. The minimum absolute atomic E-state index is 0.0368. The maximum absolute atomic E-state index is 12.7. The third-order valence-corrected chi connectivity index (χ3v) is 5.94. The fraction of sp³-hybridized carbons (Fsp3) is 0.208. The fourth-order valence-corrected chi connectivity index (χ4v) is 4.29. The van der Waals surface area contributed by atoms with E-state index in [1.165, 1.54) is 5.56 Å². The van der Waals surface area contributed by atoms with E-state index in [-0.39, 0.29) is 5.91 Å². The van der Waals surface area contributed by atoms with Gasteiger partial charge in [-0.3, -0.25) is 4.79 Å². The van der Waals surface area contributed by atoms with Gasteiger partial charge in [0.05, 0.1) is 17.1 Å². The summed E-state index contributed by atoms with van der Waals surface area (Å²) in [5.74, 6) is 0.946. The lowest BCUT2D eigenvalue weighted by Crippen LogP contribution is -2.14. The molecule has 6 heteroatoms. The zero-order valence-electron chi connectivity index (χ0n) is 17.3. The number of thiazole rings is 1. The Hall–Kier alpha value is -3.25. The van der Waals surface area contributed by atoms with Crippen LogP contribution in [0.3, 0.4) is 0 Å². The first kappa shape index (κ1) is 20.0. The number of rotatable bonds is 6. The third kappa shape index (κ3) is 4.66. The van der Waals surface area contributed by atoms with Crippen LogP contribution < -0.4 is 5.32 Å². The minimum atomic E-state index is -0.0368. The molecule has 152 valence electrons. The van der Waals surface area contributed by atoms with Gasteiger partial charge in [-0.1, -0.05) is 42.0 Å². The van der Waals surface area contributed by atoms with Gasteiger partial charge in [0, 0.05) is 35.1 Å². The number of hydrogen-bond donors (Lipinski definition) is 1. The molecule has 4 aromatic rings. The highest BCUT2D eigenvalue weighted by atomic mass is 32.1. The van der Waals surface area contributed by atoms with Gasteiger partial charge in [-0.05, 0) is 38.5 Å². The second-order valence-electron chi connectivity index (χ2n) is 7.39. The quantitative estimate of drug-likeness (QED) is 0.472. The normalized spacial score (nSPS) is 10.9. The summed E-state index contributed by atoms with van der Waals surface area (Å²) in [7, 11) is 0. The van der Waals surface area contributed by atoms with Gasteiger partial charge in [0.15, 0.2) is 0 Å². The molecule has 0 spiro atoms. The molecule has 4 rings (SSSR count). The highest BCUT2D eigenvalue weighted by molar-refractivity contribution is 7.12. The maximum atomic E-state index is 12.7. The lowest BCUT2D eigenvalue weighted by Gasteiger charge is -2.08. The Morgan fingerprint density at radius 3 is 2.43 bits per heavy atom. The van der Waals surface area contributed by atoms with Crippen molar-refractivity contribution in [2.24, 2.45) is 0 Å². The molecule has 0 saturated carbocycles. The average Bonchev–Trinajstić information content (AvgIpc) is 3.29. The molecule has 0 aliphatic heterocycles. The number of benzene rings is 2. The number of anilines is 1. The van der Waals surface area contributed by atoms with E-state index in [9.17, 15) is 4.79 Å². The molecular weight excluding hydrogens is 392 g/mol. The molecule has 2 aromatic carbocycles. The summed E-state index contributed by atoms with van der Waals surface area (Å²) in [6, 6.07) is 16.2. The first-order valence-corrected chi connectivity index (χ1v) is 10.7. The van der Waals surface area contributed by atoms with Crippen LogP contribution in [0.25, 0.3) is 11.3 Å². The van der Waals surface area contributed by atoms with Crippen molar-refractivity contribution in [2.45, 2.75) is 33.7 Å². The zero-order valence-corrected chi connectivity index (χ0v) is 18.2. The Morgan fingerprint density at radius 1 is 1.03 bits per heavy atom. The van der Waals surface area contributed by atoms with E-state index in [4.69, 9.17) is 0 Å². The topological polar surface area (TPSA) is 59.8 Å². The average molecular weight is 417 g/mol. The van der Waals surface area contributed by atoms with E-state index in [1.54, 1.807) is 17.5 Å². The molecule has 5 nitrogen and oxygen atoms in total. The molecule has 30 heavy (non-hydrogen) atoms. The van der Waals surface area contributed by atoms with E-state index in [2.05, 4.69) is 51.0 Å². The summed E-state index contributed by atoms with van der Waals surface area (Å²) < 4.78 is 2.09. The predicted octanol–water partition coefficient (Wildman–Crippen LogP) is 5.16. The Balaban J connectivity index is 1.43. The minimum Gasteiger partial charge on any atom is -0.331 e. The van der Waals surface area contributed by atoms with E-state index in [0.29, 0.717) is 6.42 Å². The molecule has 0 atom stereocenters. The summed E-state index contributed by atoms with van der Waals surface area (Å²) in [4.78, 5) is 22.6. The molecule has 0 unspecified atom stereocenters. The standard InChI is InChI=1S/C24H24N4OS/c1-16-4-8-20(9-5-16)24-22(30-18(3)26-24)14-23(29)27-21-10-6-19(7-11-21)15-28-13-12-25-17(28)2/h4-13H,14-15H2,1-3H3,(H,27,29). The Morgan fingerprint density at radius 2 is 1.77 bits per heavy atom. The SMILES string of the molecule is Cc1ccc(-c2nc(C)sc2CC(=O)Nc2ccc(Cn3ccnc3C)cc2)cc1. The molecule has 2 aromatic heterocycles. The summed E-state index contributed by atoms with van der Waals surface area (Å²) in [5.41, 5.74) is 5.11. The largest absolute Gasteiger partial charge is 0.331 e. The van der Waals surface area contributed by atoms with Gasteiger partial charge in [-0.25, -0.2) is 9.97 Å². The Bertz CT molecular complexity index is 1160. The van der Waals surface area contributed by atoms with Crippen molar-refractivity contribution in [1.82, 2.24) is 14.5 Å². The number of aryl methyl sites for hydroxylation is 3. The fourth-order valence-electron chi connectivity index (χ4n) is 3.34. The molecule has 0 aliphatic carbocycles. The second-order valence-corrected chi connectivity index (χ2v) is 8.68. The first-order valence-electron chi connectivity index (χ1n) is 9.88. The molecule has 0 bridgehead atoms. The lowest BCUT2D eigenvalue weighted by molar-refractivity contribution is -0.115. The van der Waals surface area contributed by atoms with Crippen LogP contribution in [0.2, 0.25) is 0 Å². The first-order chi connectivity index (χ1) is 14.5. The van der Waals surface area contributed by atoms with Crippen molar-refractivity contribution in [2.75, 3.05) is 5.32 Å². The Kier molecular flexibility index (Phi) is 5.77. The molecule has 0 fully saturated rings. The highest BCUT2D eigenvalue weighted by Gasteiger charge is 2.15. The molecule has 2 heterocycles. The number of imidazole rings is 1. The van der Waals surface area contributed by atoms with Gasteiger partial charge < -0.3 is 9.88 Å². The molecule has 0 saturated heterocycles. The molecular formula is C24H24N4OS. The zero-order chi connectivity index (χ0) is 21.1. The van der Waals surface area contributed by atoms with Gasteiger partial charge in [0.2, 0.25) is 5.91 Å². The van der Waals surface area contributed by atoms with Gasteiger partial charge >= 0.3 is 0 Å². The van der Waals surface area contributed by atoms with Crippen molar-refractivity contribution < 1.29 is 4.79 Å². The smallest absolute Gasteiger partial charge is 0.229 e. The second kappa shape index (κ2) is 8.63. The number of hydrogen-bond acceptors (Lipinski definition) is 4. The number of aromatic nitrogens is 3. The van der Waals surface area contributed by atoms with Crippen LogP contribution in [-0.2, 0) is 17.8 Å². The summed E-state index contributed by atoms with van der Waals surface area (Å²) >= 11 is 1.58. The number of nitrogens with one attached hydrogen (secondary N) is 1. The van der Waals surface area contributed by atoms with Gasteiger partial charge in [0.1, 0.15) is 5.82 Å². The molecule has 0 aliphatic rings. The van der Waals surface area contributed by atoms with Crippen molar-refractivity contribution >= 4 is 22.9 Å². The van der Waals surface area contributed by atoms with Crippen LogP contribution in [0.5, 0.6) is 0 Å². The van der Waals surface area contributed by atoms with Gasteiger partial charge in [-0.15, -0.1) is 11.3 Å².